The molecule has 0 saturated heterocycles. The summed E-state index contributed by atoms with van der Waals surface area (Å²) >= 11 is 1.72. The van der Waals surface area contributed by atoms with Crippen molar-refractivity contribution in [3.05, 3.63) is 70.2 Å². The first kappa shape index (κ1) is 20.6. The molecule has 5 heteroatoms. The maximum atomic E-state index is 11.6. The molecule has 0 saturated carbocycles. The van der Waals surface area contributed by atoms with Crippen molar-refractivity contribution in [1.82, 2.24) is 4.98 Å². The Morgan fingerprint density at radius 2 is 2.07 bits per heavy atom. The molecule has 30 heavy (non-hydrogen) atoms. The molecular weight excluding hydrogens is 394 g/mol. The van der Waals surface area contributed by atoms with Gasteiger partial charge in [-0.25, -0.2) is 4.98 Å². The monoisotopic (exact) mass is 421 g/mol. The van der Waals surface area contributed by atoms with Gasteiger partial charge in [0, 0.05) is 16.9 Å². The highest BCUT2D eigenvalue weighted by Crippen LogP contribution is 2.41. The van der Waals surface area contributed by atoms with Gasteiger partial charge in [-0.15, -0.1) is 11.3 Å². The molecular formula is C25H27NO3S. The lowest BCUT2D eigenvalue weighted by Gasteiger charge is -2.19. The lowest BCUT2D eigenvalue weighted by Crippen LogP contribution is -2.19. The first-order valence-electron chi connectivity index (χ1n) is 10.6. The minimum absolute atomic E-state index is 0.116. The predicted molar refractivity (Wildman–Crippen MR) is 120 cm³/mol. The van der Waals surface area contributed by atoms with Crippen LogP contribution in [-0.2, 0) is 17.6 Å². The molecule has 2 unspecified atom stereocenters. The highest BCUT2D eigenvalue weighted by molar-refractivity contribution is 7.15. The van der Waals surface area contributed by atoms with E-state index in [-0.39, 0.29) is 11.8 Å². The Balaban J connectivity index is 1.39. The van der Waals surface area contributed by atoms with Gasteiger partial charge in [0.1, 0.15) is 10.8 Å². The summed E-state index contributed by atoms with van der Waals surface area (Å²) in [5, 5.41) is 10.6. The zero-order valence-electron chi connectivity index (χ0n) is 17.4. The van der Waals surface area contributed by atoms with Crippen molar-refractivity contribution < 1.29 is 14.6 Å². The summed E-state index contributed by atoms with van der Waals surface area (Å²) in [7, 11) is 0. The number of hydrogen-bond acceptors (Lipinski definition) is 4. The summed E-state index contributed by atoms with van der Waals surface area (Å²) in [4.78, 5) is 17.6. The van der Waals surface area contributed by atoms with Crippen LogP contribution >= 0.6 is 11.3 Å². The number of aryl methyl sites for hydroxylation is 2. The second kappa shape index (κ2) is 9.00. The van der Waals surface area contributed by atoms with Crippen LogP contribution in [0.25, 0.3) is 10.6 Å². The number of benzene rings is 2. The van der Waals surface area contributed by atoms with Gasteiger partial charge in [0.15, 0.2) is 0 Å². The van der Waals surface area contributed by atoms with Crippen LogP contribution in [0.3, 0.4) is 0 Å². The first-order chi connectivity index (χ1) is 14.6. The Morgan fingerprint density at radius 1 is 1.27 bits per heavy atom. The van der Waals surface area contributed by atoms with E-state index in [0.717, 1.165) is 41.3 Å². The Hall–Kier alpha value is -2.66. The largest absolute Gasteiger partial charge is 0.493 e. The zero-order chi connectivity index (χ0) is 21.1. The van der Waals surface area contributed by atoms with Gasteiger partial charge in [0.05, 0.1) is 18.2 Å². The fraction of sp³-hybridized carbons (Fsp3) is 0.360. The molecule has 0 bridgehead atoms. The van der Waals surface area contributed by atoms with Crippen molar-refractivity contribution >= 4 is 17.3 Å². The first-order valence-corrected chi connectivity index (χ1v) is 11.4. The van der Waals surface area contributed by atoms with Gasteiger partial charge < -0.3 is 9.84 Å². The van der Waals surface area contributed by atoms with Crippen LogP contribution < -0.4 is 4.74 Å². The van der Waals surface area contributed by atoms with Gasteiger partial charge in [0.25, 0.3) is 0 Å². The van der Waals surface area contributed by atoms with E-state index >= 15 is 0 Å². The minimum atomic E-state index is -0.691. The number of aliphatic carboxylic acids is 1. The third-order valence-electron chi connectivity index (χ3n) is 6.00. The van der Waals surface area contributed by atoms with Crippen LogP contribution in [0.4, 0.5) is 0 Å². The van der Waals surface area contributed by atoms with Crippen molar-refractivity contribution in [2.45, 2.75) is 45.4 Å². The predicted octanol–water partition coefficient (Wildman–Crippen LogP) is 5.88. The molecule has 0 fully saturated rings. The van der Waals surface area contributed by atoms with E-state index in [9.17, 15) is 9.90 Å². The normalized spacial score (nSPS) is 16.3. The smallest absolute Gasteiger partial charge is 0.307 e. The number of nitrogens with zero attached hydrogens (tertiary/aromatic N) is 1. The standard InChI is InChI=1S/C25H27NO3S/c1-3-20(25(27)28)22-11-9-18-15-19(10-12-21(18)22)29-14-13-23-16(2)30-24(26-23)17-7-5-4-6-8-17/h4-8,10,12,15,20,22H,3,9,11,13-14H2,1-2H3,(H,27,28). The topological polar surface area (TPSA) is 59.4 Å². The maximum Gasteiger partial charge on any atom is 0.307 e. The Labute approximate surface area is 181 Å². The second-order valence-electron chi connectivity index (χ2n) is 7.85. The lowest BCUT2D eigenvalue weighted by molar-refractivity contribution is -0.142. The molecule has 3 aromatic rings. The molecule has 0 amide bonds. The molecule has 0 aliphatic heterocycles. The fourth-order valence-corrected chi connectivity index (χ4v) is 5.36. The number of aromatic nitrogens is 1. The molecule has 0 radical (unpaired) electrons. The van der Waals surface area contributed by atoms with Crippen molar-refractivity contribution in [3.63, 3.8) is 0 Å². The molecule has 4 rings (SSSR count). The van der Waals surface area contributed by atoms with E-state index in [4.69, 9.17) is 9.72 Å². The van der Waals surface area contributed by atoms with Crippen LogP contribution in [0.15, 0.2) is 48.5 Å². The number of fused-ring (bicyclic) bond motifs is 1. The highest BCUT2D eigenvalue weighted by Gasteiger charge is 2.33. The molecule has 1 aliphatic carbocycles. The number of thiazole rings is 1. The van der Waals surface area contributed by atoms with Crippen LogP contribution in [0.2, 0.25) is 0 Å². The Kier molecular flexibility index (Phi) is 6.18. The minimum Gasteiger partial charge on any atom is -0.493 e. The van der Waals surface area contributed by atoms with E-state index in [0.29, 0.717) is 13.0 Å². The molecule has 1 heterocycles. The van der Waals surface area contributed by atoms with Gasteiger partial charge in [-0.3, -0.25) is 4.79 Å². The summed E-state index contributed by atoms with van der Waals surface area (Å²) in [6, 6.07) is 16.4. The van der Waals surface area contributed by atoms with Gasteiger partial charge in [0.2, 0.25) is 0 Å². The maximum absolute atomic E-state index is 11.6. The second-order valence-corrected chi connectivity index (χ2v) is 9.05. The molecule has 1 aromatic heterocycles. The molecule has 2 atom stereocenters. The molecule has 0 spiro atoms. The van der Waals surface area contributed by atoms with Crippen molar-refractivity contribution in [2.24, 2.45) is 5.92 Å². The van der Waals surface area contributed by atoms with Crippen LogP contribution in [0, 0.1) is 12.8 Å². The SMILES string of the molecule is CCC(C(=O)O)C1CCc2cc(OCCc3nc(-c4ccccc4)sc3C)ccc21. The van der Waals surface area contributed by atoms with E-state index in [1.54, 1.807) is 11.3 Å². The molecule has 156 valence electrons. The highest BCUT2D eigenvalue weighted by atomic mass is 32.1. The van der Waals surface area contributed by atoms with Gasteiger partial charge in [-0.2, -0.15) is 0 Å². The fourth-order valence-electron chi connectivity index (χ4n) is 4.40. The number of hydrogen-bond donors (Lipinski definition) is 1. The number of carbonyl (C=O) groups is 1. The van der Waals surface area contributed by atoms with E-state index in [2.05, 4.69) is 31.2 Å². The molecule has 4 nitrogen and oxygen atoms in total. The van der Waals surface area contributed by atoms with Crippen LogP contribution in [-0.4, -0.2) is 22.7 Å². The van der Waals surface area contributed by atoms with Crippen LogP contribution in [0.5, 0.6) is 5.75 Å². The summed E-state index contributed by atoms with van der Waals surface area (Å²) in [5.74, 6) is -0.0202. The van der Waals surface area contributed by atoms with Gasteiger partial charge in [-0.05, 0) is 55.4 Å². The lowest BCUT2D eigenvalue weighted by atomic mass is 9.85. The average molecular weight is 422 g/mol. The van der Waals surface area contributed by atoms with E-state index in [1.165, 1.54) is 16.0 Å². The zero-order valence-corrected chi connectivity index (χ0v) is 18.2. The number of carboxylic acids is 1. The van der Waals surface area contributed by atoms with Crippen molar-refractivity contribution in [1.29, 1.82) is 0 Å². The van der Waals surface area contributed by atoms with Gasteiger partial charge in [-0.1, -0.05) is 43.3 Å². The third kappa shape index (κ3) is 4.26. The van der Waals surface area contributed by atoms with Crippen molar-refractivity contribution in [3.8, 4) is 16.3 Å². The third-order valence-corrected chi connectivity index (χ3v) is 7.06. The Bertz CT molecular complexity index is 1030. The van der Waals surface area contributed by atoms with Gasteiger partial charge >= 0.3 is 5.97 Å². The summed E-state index contributed by atoms with van der Waals surface area (Å²) in [5.41, 5.74) is 4.65. The number of ether oxygens (including phenoxy) is 1. The quantitative estimate of drug-likeness (QED) is 0.493. The number of rotatable bonds is 8. The summed E-state index contributed by atoms with van der Waals surface area (Å²) < 4.78 is 6.02. The molecule has 1 aliphatic rings. The summed E-state index contributed by atoms with van der Waals surface area (Å²) in [6.07, 6.45) is 3.26. The molecule has 2 aromatic carbocycles. The average Bonchev–Trinajstić information content (AvgIpc) is 3.33. The van der Waals surface area contributed by atoms with Crippen molar-refractivity contribution in [2.75, 3.05) is 6.61 Å². The molecule has 1 N–H and O–H groups in total. The van der Waals surface area contributed by atoms with Crippen LogP contribution in [0.1, 0.15) is 47.4 Å². The number of carboxylic acid groups (broad SMARTS) is 1. The van der Waals surface area contributed by atoms with E-state index in [1.807, 2.05) is 31.2 Å². The Morgan fingerprint density at radius 3 is 2.80 bits per heavy atom. The van der Waals surface area contributed by atoms with E-state index < -0.39 is 5.97 Å². The summed E-state index contributed by atoms with van der Waals surface area (Å²) in [6.45, 7) is 4.65.